The van der Waals surface area contributed by atoms with Crippen LogP contribution in [-0.2, 0) is 4.74 Å². The van der Waals surface area contributed by atoms with Gasteiger partial charge in [-0.05, 0) is 61.3 Å². The van der Waals surface area contributed by atoms with E-state index in [1.807, 2.05) is 42.5 Å². The van der Waals surface area contributed by atoms with Crippen LogP contribution in [0.15, 0.2) is 58.0 Å². The van der Waals surface area contributed by atoms with Crippen LogP contribution >= 0.6 is 27.9 Å². The van der Waals surface area contributed by atoms with Crippen molar-refractivity contribution in [3.63, 3.8) is 0 Å². The highest BCUT2D eigenvalue weighted by Crippen LogP contribution is 2.27. The lowest BCUT2D eigenvalue weighted by atomic mass is 10.1. The van der Waals surface area contributed by atoms with E-state index < -0.39 is 0 Å². The summed E-state index contributed by atoms with van der Waals surface area (Å²) in [6.45, 7) is 6.09. The normalized spacial score (nSPS) is 14.2. The minimum Gasteiger partial charge on any atom is -0.399 e. The maximum atomic E-state index is 5.78. The van der Waals surface area contributed by atoms with E-state index in [2.05, 4.69) is 30.5 Å². The van der Waals surface area contributed by atoms with Crippen LogP contribution in [0.2, 0.25) is 0 Å². The first-order valence-electron chi connectivity index (χ1n) is 10.2. The minimum atomic E-state index is 0.380. The molecule has 0 aliphatic carbocycles. The monoisotopic (exact) mass is 504 g/mol. The molecule has 1 aromatic heterocycles. The zero-order valence-corrected chi connectivity index (χ0v) is 19.8. The topological polar surface area (TPSA) is 115 Å². The van der Waals surface area contributed by atoms with Crippen LogP contribution in [-0.4, -0.2) is 49.3 Å². The molecule has 0 saturated carbocycles. The first-order chi connectivity index (χ1) is 15.0. The number of hydrogen-bond donors (Lipinski definition) is 4. The summed E-state index contributed by atoms with van der Waals surface area (Å²) in [4.78, 5) is 7.64. The summed E-state index contributed by atoms with van der Waals surface area (Å²) in [5, 5.41) is 1.93. The number of nitrogens with one attached hydrogen (secondary N) is 1. The number of pyridine rings is 1. The van der Waals surface area contributed by atoms with Crippen LogP contribution in [0.3, 0.4) is 0 Å². The molecule has 2 heterocycles. The lowest BCUT2D eigenvalue weighted by Crippen LogP contribution is -2.37. The average Bonchev–Trinajstić information content (AvgIpc) is 2.79. The second-order valence-corrected chi connectivity index (χ2v) is 9.04. The third kappa shape index (κ3) is 7.55. The van der Waals surface area contributed by atoms with Gasteiger partial charge in [-0.25, -0.2) is 4.98 Å². The second kappa shape index (κ2) is 12.1. The van der Waals surface area contributed by atoms with Crippen molar-refractivity contribution in [2.45, 2.75) is 11.3 Å². The summed E-state index contributed by atoms with van der Waals surface area (Å²) in [5.41, 5.74) is 18.4. The molecule has 1 aliphatic heterocycles. The van der Waals surface area contributed by atoms with E-state index in [0.29, 0.717) is 11.5 Å². The predicted octanol–water partition coefficient (Wildman–Crippen LogP) is 3.75. The van der Waals surface area contributed by atoms with Gasteiger partial charge < -0.3 is 21.9 Å². The summed E-state index contributed by atoms with van der Waals surface area (Å²) in [6, 6.07) is 13.8. The van der Waals surface area contributed by atoms with E-state index in [-0.39, 0.29) is 0 Å². The number of nitrogens with zero attached hydrogens (tertiary/aromatic N) is 2. The fraction of sp³-hybridized carbons (Fsp3) is 0.318. The molecule has 0 spiro atoms. The van der Waals surface area contributed by atoms with Crippen LogP contribution in [0.1, 0.15) is 6.42 Å². The Morgan fingerprint density at radius 1 is 1.06 bits per heavy atom. The first-order valence-corrected chi connectivity index (χ1v) is 11.8. The Kier molecular flexibility index (Phi) is 9.23. The summed E-state index contributed by atoms with van der Waals surface area (Å²) in [6.07, 6.45) is 2.88. The molecule has 1 saturated heterocycles. The van der Waals surface area contributed by atoms with Crippen molar-refractivity contribution in [3.05, 3.63) is 53.1 Å². The van der Waals surface area contributed by atoms with Crippen LogP contribution in [0.5, 0.6) is 0 Å². The van der Waals surface area contributed by atoms with Crippen LogP contribution in [0, 0.1) is 0 Å². The van der Waals surface area contributed by atoms with Crippen molar-refractivity contribution in [2.75, 3.05) is 56.6 Å². The van der Waals surface area contributed by atoms with Crippen molar-refractivity contribution >= 4 is 55.8 Å². The molecule has 2 aromatic carbocycles. The number of fused-ring (bicyclic) bond motifs is 1. The van der Waals surface area contributed by atoms with Crippen molar-refractivity contribution < 1.29 is 4.74 Å². The van der Waals surface area contributed by atoms with E-state index in [4.69, 9.17) is 21.9 Å². The summed E-state index contributed by atoms with van der Waals surface area (Å²) in [7, 11) is 0. The smallest absolute Gasteiger partial charge is 0.147 e. The van der Waals surface area contributed by atoms with Crippen molar-refractivity contribution in [1.82, 2.24) is 14.6 Å². The van der Waals surface area contributed by atoms with Gasteiger partial charge in [-0.1, -0.05) is 22.0 Å². The van der Waals surface area contributed by atoms with Gasteiger partial charge in [0.2, 0.25) is 0 Å². The van der Waals surface area contributed by atoms with Gasteiger partial charge in [-0.15, -0.1) is 0 Å². The lowest BCUT2D eigenvalue weighted by Gasteiger charge is -2.26. The van der Waals surface area contributed by atoms with E-state index in [1.165, 1.54) is 11.3 Å². The molecule has 0 radical (unpaired) electrons. The summed E-state index contributed by atoms with van der Waals surface area (Å²) < 4.78 is 9.69. The van der Waals surface area contributed by atoms with Gasteiger partial charge in [-0.2, -0.15) is 0 Å². The van der Waals surface area contributed by atoms with Crippen LogP contribution in [0.25, 0.3) is 10.8 Å². The number of aromatic nitrogens is 1. The molecule has 7 nitrogen and oxygen atoms in total. The molecule has 0 unspecified atom stereocenters. The molecule has 7 N–H and O–H groups in total. The van der Waals surface area contributed by atoms with Crippen LogP contribution in [0.4, 0.5) is 17.2 Å². The number of benzene rings is 2. The Morgan fingerprint density at radius 3 is 2.55 bits per heavy atom. The molecular weight excluding hydrogens is 476 g/mol. The number of halogens is 1. The number of hydrogen-bond acceptors (Lipinski definition) is 8. The highest BCUT2D eigenvalue weighted by molar-refractivity contribution is 9.10. The van der Waals surface area contributed by atoms with Crippen molar-refractivity contribution in [1.29, 1.82) is 0 Å². The Labute approximate surface area is 196 Å². The highest BCUT2D eigenvalue weighted by Gasteiger charge is 2.08. The fourth-order valence-corrected chi connectivity index (χ4v) is 4.14. The largest absolute Gasteiger partial charge is 0.399 e. The predicted molar refractivity (Wildman–Crippen MR) is 135 cm³/mol. The molecular formula is C22H29BrN6OS. The molecule has 31 heavy (non-hydrogen) atoms. The molecule has 0 bridgehead atoms. The van der Waals surface area contributed by atoms with Gasteiger partial charge >= 0.3 is 0 Å². The van der Waals surface area contributed by atoms with Crippen molar-refractivity contribution in [3.8, 4) is 0 Å². The zero-order valence-electron chi connectivity index (χ0n) is 17.4. The number of rotatable bonds is 6. The Bertz CT molecular complexity index is 961. The first kappa shape index (κ1) is 23.6. The molecule has 166 valence electrons. The summed E-state index contributed by atoms with van der Waals surface area (Å²) in [5.74, 6) is 0.380. The third-order valence-electron chi connectivity index (χ3n) is 4.85. The van der Waals surface area contributed by atoms with Gasteiger partial charge in [0.05, 0.1) is 18.9 Å². The second-order valence-electron chi connectivity index (χ2n) is 7.16. The molecule has 0 amide bonds. The number of nitrogen functional groups attached to an aromatic ring is 3. The fourth-order valence-electron chi connectivity index (χ4n) is 3.09. The Hall–Kier alpha value is -2.04. The lowest BCUT2D eigenvalue weighted by molar-refractivity contribution is 0.0376. The SMILES string of the molecule is Nc1ccc(SNCCCN2CCOCC2)cc1.Nc1ncc2ccc(Br)cc2c1N. The van der Waals surface area contributed by atoms with E-state index >= 15 is 0 Å². The number of anilines is 3. The highest BCUT2D eigenvalue weighted by atomic mass is 79.9. The standard InChI is InChI=1S/C13H21N3OS.C9H8BrN3/c14-12-2-4-13(5-3-12)18-15-6-1-7-16-8-10-17-11-9-16;10-6-2-1-5-4-13-9(12)8(11)7(5)3-6/h2-5,15H,1,6-11,14H2;1-4H,11H2,(H2,12,13). The van der Waals surface area contributed by atoms with Crippen molar-refractivity contribution in [2.24, 2.45) is 0 Å². The van der Waals surface area contributed by atoms with Gasteiger partial charge in [0.25, 0.3) is 0 Å². The molecule has 1 aliphatic rings. The van der Waals surface area contributed by atoms with E-state index in [0.717, 1.165) is 60.3 Å². The zero-order chi connectivity index (χ0) is 22.1. The molecule has 9 heteroatoms. The maximum absolute atomic E-state index is 5.78. The maximum Gasteiger partial charge on any atom is 0.147 e. The molecule has 1 fully saturated rings. The van der Waals surface area contributed by atoms with Gasteiger partial charge in [0.15, 0.2) is 0 Å². The number of ether oxygens (including phenoxy) is 1. The molecule has 0 atom stereocenters. The van der Waals surface area contributed by atoms with E-state index in [9.17, 15) is 0 Å². The minimum absolute atomic E-state index is 0.380. The quantitative estimate of drug-likeness (QED) is 0.228. The van der Waals surface area contributed by atoms with E-state index in [1.54, 1.807) is 18.1 Å². The Balaban J connectivity index is 0.000000185. The molecule has 4 rings (SSSR count). The number of nitrogens with two attached hydrogens (primary N) is 3. The van der Waals surface area contributed by atoms with Crippen LogP contribution < -0.4 is 21.9 Å². The third-order valence-corrected chi connectivity index (χ3v) is 6.20. The summed E-state index contributed by atoms with van der Waals surface area (Å²) >= 11 is 5.04. The Morgan fingerprint density at radius 2 is 1.81 bits per heavy atom. The van der Waals surface area contributed by atoms with Gasteiger partial charge in [-0.3, -0.25) is 9.62 Å². The van der Waals surface area contributed by atoms with Gasteiger partial charge in [0.1, 0.15) is 5.82 Å². The average molecular weight is 505 g/mol. The number of morpholine rings is 1. The van der Waals surface area contributed by atoms with Gasteiger partial charge in [0, 0.05) is 51.7 Å². The molecule has 3 aromatic rings.